The fraction of sp³-hybridized carbons (Fsp3) is 0.700. The molecule has 0 aromatic heterocycles. The van der Waals surface area contributed by atoms with Crippen LogP contribution in [0.3, 0.4) is 0 Å². The molecule has 0 spiro atoms. The first kappa shape index (κ1) is 10.3. The summed E-state index contributed by atoms with van der Waals surface area (Å²) in [5.41, 5.74) is -1.05. The molecule has 2 N–H and O–H groups in total. The zero-order valence-electron chi connectivity index (χ0n) is 7.70. The molecule has 0 aromatic carbocycles. The highest BCUT2D eigenvalue weighted by atomic mass is 16.4. The number of carboxylic acids is 1. The molecule has 74 valence electrons. The van der Waals surface area contributed by atoms with Gasteiger partial charge < -0.3 is 10.2 Å². The average Bonchev–Trinajstić information content (AvgIpc) is 2.05. The minimum Gasteiger partial charge on any atom is -0.481 e. The molecule has 1 saturated carbocycles. The maximum absolute atomic E-state index is 10.8. The van der Waals surface area contributed by atoms with E-state index in [-0.39, 0.29) is 0 Å². The van der Waals surface area contributed by atoms with Gasteiger partial charge in [-0.25, -0.2) is 0 Å². The normalized spacial score (nSPS) is 23.5. The van der Waals surface area contributed by atoms with Crippen molar-refractivity contribution in [3.63, 3.8) is 0 Å². The maximum Gasteiger partial charge on any atom is 0.313 e. The van der Waals surface area contributed by atoms with E-state index in [1.165, 1.54) is 6.08 Å². The molecule has 0 radical (unpaired) electrons. The van der Waals surface area contributed by atoms with Crippen molar-refractivity contribution < 1.29 is 15.0 Å². The van der Waals surface area contributed by atoms with Gasteiger partial charge in [-0.05, 0) is 12.8 Å². The second kappa shape index (κ2) is 3.92. The first-order chi connectivity index (χ1) is 6.10. The molecule has 1 unspecified atom stereocenters. The lowest BCUT2D eigenvalue weighted by Gasteiger charge is -2.35. The highest BCUT2D eigenvalue weighted by Crippen LogP contribution is 2.35. The van der Waals surface area contributed by atoms with E-state index in [2.05, 4.69) is 6.58 Å². The van der Waals surface area contributed by atoms with E-state index in [9.17, 15) is 9.90 Å². The van der Waals surface area contributed by atoms with Crippen LogP contribution < -0.4 is 0 Å². The second-order valence-electron chi connectivity index (χ2n) is 3.72. The summed E-state index contributed by atoms with van der Waals surface area (Å²) in [7, 11) is 0. The summed E-state index contributed by atoms with van der Waals surface area (Å²) >= 11 is 0. The quantitative estimate of drug-likeness (QED) is 0.654. The smallest absolute Gasteiger partial charge is 0.313 e. The number of aliphatic hydroxyl groups is 1. The Morgan fingerprint density at radius 3 is 2.31 bits per heavy atom. The Morgan fingerprint density at radius 2 is 1.92 bits per heavy atom. The Kier molecular flexibility index (Phi) is 3.09. The van der Waals surface area contributed by atoms with E-state index < -0.39 is 17.5 Å². The lowest BCUT2D eigenvalue weighted by Crippen LogP contribution is -2.42. The van der Waals surface area contributed by atoms with Crippen molar-refractivity contribution in [3.05, 3.63) is 12.7 Å². The van der Waals surface area contributed by atoms with E-state index in [0.717, 1.165) is 19.3 Å². The van der Waals surface area contributed by atoms with Crippen LogP contribution in [-0.4, -0.2) is 21.8 Å². The topological polar surface area (TPSA) is 57.5 Å². The van der Waals surface area contributed by atoms with Gasteiger partial charge in [0.2, 0.25) is 0 Å². The standard InChI is InChI=1S/C10H16O3/c1-2-8(9(11)12)10(13)6-4-3-5-7-10/h2,8,13H,1,3-7H2,(H,11,12). The van der Waals surface area contributed by atoms with Crippen molar-refractivity contribution >= 4 is 5.97 Å². The third-order valence-corrected chi connectivity index (χ3v) is 2.80. The summed E-state index contributed by atoms with van der Waals surface area (Å²) in [5, 5.41) is 18.9. The van der Waals surface area contributed by atoms with Gasteiger partial charge in [0.25, 0.3) is 0 Å². The molecule has 3 nitrogen and oxygen atoms in total. The van der Waals surface area contributed by atoms with Crippen LogP contribution in [-0.2, 0) is 4.79 Å². The van der Waals surface area contributed by atoms with Crippen LogP contribution in [0.25, 0.3) is 0 Å². The van der Waals surface area contributed by atoms with Crippen molar-refractivity contribution in [2.24, 2.45) is 5.92 Å². The van der Waals surface area contributed by atoms with E-state index in [1.807, 2.05) is 0 Å². The molecule has 1 rings (SSSR count). The zero-order chi connectivity index (χ0) is 9.90. The predicted octanol–water partition coefficient (Wildman–Crippen LogP) is 1.57. The average molecular weight is 184 g/mol. The molecule has 1 atom stereocenters. The highest BCUT2D eigenvalue weighted by Gasteiger charge is 2.40. The van der Waals surface area contributed by atoms with Crippen LogP contribution >= 0.6 is 0 Å². The van der Waals surface area contributed by atoms with Gasteiger partial charge in [-0.15, -0.1) is 6.58 Å². The molecular weight excluding hydrogens is 168 g/mol. The third kappa shape index (κ3) is 2.10. The molecular formula is C10H16O3. The van der Waals surface area contributed by atoms with E-state index in [0.29, 0.717) is 12.8 Å². The first-order valence-electron chi connectivity index (χ1n) is 4.68. The van der Waals surface area contributed by atoms with Gasteiger partial charge >= 0.3 is 5.97 Å². The van der Waals surface area contributed by atoms with Crippen LogP contribution in [0.2, 0.25) is 0 Å². The molecule has 0 aliphatic heterocycles. The number of hydrogen-bond acceptors (Lipinski definition) is 2. The van der Waals surface area contributed by atoms with Gasteiger partial charge in [-0.3, -0.25) is 4.79 Å². The van der Waals surface area contributed by atoms with E-state index >= 15 is 0 Å². The monoisotopic (exact) mass is 184 g/mol. The lowest BCUT2D eigenvalue weighted by atomic mass is 9.76. The van der Waals surface area contributed by atoms with Gasteiger partial charge in [0.1, 0.15) is 5.92 Å². The Bertz CT molecular complexity index is 204. The van der Waals surface area contributed by atoms with Gasteiger partial charge in [0.05, 0.1) is 5.60 Å². The molecule has 0 heterocycles. The van der Waals surface area contributed by atoms with Gasteiger partial charge in [-0.1, -0.05) is 25.3 Å². The summed E-state index contributed by atoms with van der Waals surface area (Å²) in [4.78, 5) is 10.8. The molecule has 13 heavy (non-hydrogen) atoms. The summed E-state index contributed by atoms with van der Waals surface area (Å²) in [5.74, 6) is -1.78. The molecule has 0 amide bonds. The number of aliphatic carboxylic acids is 1. The Labute approximate surface area is 78.1 Å². The molecule has 3 heteroatoms. The number of hydrogen-bond donors (Lipinski definition) is 2. The molecule has 1 aliphatic rings. The largest absolute Gasteiger partial charge is 0.481 e. The molecule has 0 aromatic rings. The number of carboxylic acid groups (broad SMARTS) is 1. The van der Waals surface area contributed by atoms with Gasteiger partial charge in [0, 0.05) is 0 Å². The van der Waals surface area contributed by atoms with Crippen LogP contribution in [0.1, 0.15) is 32.1 Å². The molecule has 1 aliphatic carbocycles. The number of rotatable bonds is 3. The molecule has 1 fully saturated rings. The van der Waals surface area contributed by atoms with Crippen LogP contribution in [0.5, 0.6) is 0 Å². The summed E-state index contributed by atoms with van der Waals surface area (Å²) in [6, 6.07) is 0. The summed E-state index contributed by atoms with van der Waals surface area (Å²) in [6.07, 6.45) is 5.41. The predicted molar refractivity (Wildman–Crippen MR) is 49.4 cm³/mol. The van der Waals surface area contributed by atoms with Gasteiger partial charge in [0.15, 0.2) is 0 Å². The van der Waals surface area contributed by atoms with Gasteiger partial charge in [-0.2, -0.15) is 0 Å². The van der Waals surface area contributed by atoms with E-state index in [4.69, 9.17) is 5.11 Å². The fourth-order valence-corrected chi connectivity index (χ4v) is 2.03. The Morgan fingerprint density at radius 1 is 1.38 bits per heavy atom. The van der Waals surface area contributed by atoms with Crippen molar-refractivity contribution in [3.8, 4) is 0 Å². The summed E-state index contributed by atoms with van der Waals surface area (Å²) in [6.45, 7) is 3.46. The number of carbonyl (C=O) groups is 1. The van der Waals surface area contributed by atoms with E-state index in [1.54, 1.807) is 0 Å². The van der Waals surface area contributed by atoms with Crippen LogP contribution in [0.4, 0.5) is 0 Å². The fourth-order valence-electron chi connectivity index (χ4n) is 2.03. The lowest BCUT2D eigenvalue weighted by molar-refractivity contribution is -0.150. The zero-order valence-corrected chi connectivity index (χ0v) is 7.70. The van der Waals surface area contributed by atoms with Crippen molar-refractivity contribution in [2.45, 2.75) is 37.7 Å². The van der Waals surface area contributed by atoms with Crippen LogP contribution in [0, 0.1) is 5.92 Å². The Balaban J connectivity index is 2.74. The minimum atomic E-state index is -1.05. The molecule has 0 saturated heterocycles. The minimum absolute atomic E-state index is 0.579. The molecule has 0 bridgehead atoms. The summed E-state index contributed by atoms with van der Waals surface area (Å²) < 4.78 is 0. The van der Waals surface area contributed by atoms with Crippen molar-refractivity contribution in [1.29, 1.82) is 0 Å². The van der Waals surface area contributed by atoms with Crippen molar-refractivity contribution in [1.82, 2.24) is 0 Å². The first-order valence-corrected chi connectivity index (χ1v) is 4.68. The SMILES string of the molecule is C=CC(C(=O)O)C1(O)CCCCC1. The maximum atomic E-state index is 10.8. The van der Waals surface area contributed by atoms with Crippen LogP contribution in [0.15, 0.2) is 12.7 Å². The second-order valence-corrected chi connectivity index (χ2v) is 3.72. The Hall–Kier alpha value is -0.830. The third-order valence-electron chi connectivity index (χ3n) is 2.80. The van der Waals surface area contributed by atoms with Crippen molar-refractivity contribution in [2.75, 3.05) is 0 Å². The highest BCUT2D eigenvalue weighted by molar-refractivity contribution is 5.73.